The lowest BCUT2D eigenvalue weighted by atomic mass is 9.98. The average molecular weight is 201 g/mol. The average Bonchev–Trinajstić information content (AvgIpc) is 2.17. The van der Waals surface area contributed by atoms with Crippen molar-refractivity contribution in [1.82, 2.24) is 4.90 Å². The van der Waals surface area contributed by atoms with Gasteiger partial charge >= 0.3 is 0 Å². The molecule has 0 saturated carbocycles. The van der Waals surface area contributed by atoms with Crippen LogP contribution in [0.15, 0.2) is 0 Å². The molecule has 3 nitrogen and oxygen atoms in total. The van der Waals surface area contributed by atoms with Crippen LogP contribution in [-0.4, -0.2) is 49.0 Å². The van der Waals surface area contributed by atoms with Gasteiger partial charge in [-0.25, -0.2) is 0 Å². The lowest BCUT2D eigenvalue weighted by Crippen LogP contribution is -2.37. The highest BCUT2D eigenvalue weighted by Crippen LogP contribution is 2.17. The molecule has 0 spiro atoms. The Morgan fingerprint density at radius 2 is 2.00 bits per heavy atom. The van der Waals surface area contributed by atoms with E-state index in [-0.39, 0.29) is 6.61 Å². The molecule has 0 radical (unpaired) electrons. The molecule has 1 heterocycles. The third-order valence-corrected chi connectivity index (χ3v) is 2.79. The topological polar surface area (TPSA) is 32.7 Å². The molecule has 14 heavy (non-hydrogen) atoms. The van der Waals surface area contributed by atoms with Crippen LogP contribution >= 0.6 is 0 Å². The first-order valence-corrected chi connectivity index (χ1v) is 5.67. The van der Waals surface area contributed by atoms with Gasteiger partial charge in [-0.3, -0.25) is 0 Å². The molecule has 1 N–H and O–H groups in total. The van der Waals surface area contributed by atoms with Crippen LogP contribution in [0, 0.1) is 5.92 Å². The fourth-order valence-corrected chi connectivity index (χ4v) is 1.85. The van der Waals surface area contributed by atoms with E-state index in [1.807, 2.05) is 0 Å². The standard InChI is InChI=1S/C11H23NO2/c1-10(2)14-9-11-3-5-12(6-4-11)7-8-13/h10-11,13H,3-9H2,1-2H3. The van der Waals surface area contributed by atoms with Gasteiger partial charge in [-0.2, -0.15) is 0 Å². The molecule has 1 fully saturated rings. The van der Waals surface area contributed by atoms with Crippen molar-refractivity contribution in [3.05, 3.63) is 0 Å². The SMILES string of the molecule is CC(C)OCC1CCN(CCO)CC1. The van der Waals surface area contributed by atoms with Crippen molar-refractivity contribution in [3.63, 3.8) is 0 Å². The molecule has 0 aliphatic carbocycles. The molecular formula is C11H23NO2. The molecule has 0 aromatic heterocycles. The number of hydrogen-bond donors (Lipinski definition) is 1. The molecule has 1 aliphatic heterocycles. The molecule has 1 saturated heterocycles. The Morgan fingerprint density at radius 3 is 2.50 bits per heavy atom. The zero-order valence-electron chi connectivity index (χ0n) is 9.41. The van der Waals surface area contributed by atoms with Gasteiger partial charge in [-0.1, -0.05) is 0 Å². The Bertz CT molecular complexity index is 142. The summed E-state index contributed by atoms with van der Waals surface area (Å²) in [4.78, 5) is 2.33. The highest BCUT2D eigenvalue weighted by molar-refractivity contribution is 4.71. The molecule has 0 aromatic rings. The maximum absolute atomic E-state index is 8.79. The maximum Gasteiger partial charge on any atom is 0.0558 e. The highest BCUT2D eigenvalue weighted by Gasteiger charge is 2.18. The van der Waals surface area contributed by atoms with Gasteiger partial charge in [-0.05, 0) is 45.7 Å². The minimum Gasteiger partial charge on any atom is -0.395 e. The van der Waals surface area contributed by atoms with Crippen LogP contribution in [0.4, 0.5) is 0 Å². The number of rotatable bonds is 5. The molecule has 0 aromatic carbocycles. The van der Waals surface area contributed by atoms with Crippen LogP contribution in [-0.2, 0) is 4.74 Å². The molecular weight excluding hydrogens is 178 g/mol. The summed E-state index contributed by atoms with van der Waals surface area (Å²) >= 11 is 0. The first-order chi connectivity index (χ1) is 6.72. The minimum absolute atomic E-state index is 0.285. The first-order valence-electron chi connectivity index (χ1n) is 5.67. The van der Waals surface area contributed by atoms with E-state index < -0.39 is 0 Å². The minimum atomic E-state index is 0.285. The number of ether oxygens (including phenoxy) is 1. The molecule has 0 amide bonds. The summed E-state index contributed by atoms with van der Waals surface area (Å²) in [6.07, 6.45) is 2.78. The maximum atomic E-state index is 8.79. The third-order valence-electron chi connectivity index (χ3n) is 2.79. The van der Waals surface area contributed by atoms with Crippen LogP contribution in [0.5, 0.6) is 0 Å². The lowest BCUT2D eigenvalue weighted by molar-refractivity contribution is 0.0287. The van der Waals surface area contributed by atoms with E-state index in [4.69, 9.17) is 9.84 Å². The lowest BCUT2D eigenvalue weighted by Gasteiger charge is -2.31. The Morgan fingerprint density at radius 1 is 1.36 bits per heavy atom. The van der Waals surface area contributed by atoms with Crippen LogP contribution < -0.4 is 0 Å². The van der Waals surface area contributed by atoms with E-state index >= 15 is 0 Å². The zero-order chi connectivity index (χ0) is 10.4. The molecule has 0 unspecified atom stereocenters. The Kier molecular flexibility index (Phi) is 5.45. The van der Waals surface area contributed by atoms with Crippen molar-refractivity contribution in [2.24, 2.45) is 5.92 Å². The van der Waals surface area contributed by atoms with Crippen LogP contribution in [0.3, 0.4) is 0 Å². The number of likely N-dealkylation sites (tertiary alicyclic amines) is 1. The molecule has 1 rings (SSSR count). The second kappa shape index (κ2) is 6.38. The van der Waals surface area contributed by atoms with Crippen molar-refractivity contribution >= 4 is 0 Å². The number of nitrogens with zero attached hydrogens (tertiary/aromatic N) is 1. The fraction of sp³-hybridized carbons (Fsp3) is 1.00. The summed E-state index contributed by atoms with van der Waals surface area (Å²) in [5, 5.41) is 8.79. The van der Waals surface area contributed by atoms with Gasteiger partial charge in [0, 0.05) is 13.2 Å². The number of piperidine rings is 1. The van der Waals surface area contributed by atoms with E-state index in [0.717, 1.165) is 32.2 Å². The number of aliphatic hydroxyl groups excluding tert-OH is 1. The molecule has 3 heteroatoms. The van der Waals surface area contributed by atoms with E-state index in [2.05, 4.69) is 18.7 Å². The predicted molar refractivity (Wildman–Crippen MR) is 57.3 cm³/mol. The summed E-state index contributed by atoms with van der Waals surface area (Å²) in [5.74, 6) is 0.729. The summed E-state index contributed by atoms with van der Waals surface area (Å²) in [6.45, 7) is 8.43. The largest absolute Gasteiger partial charge is 0.395 e. The summed E-state index contributed by atoms with van der Waals surface area (Å²) < 4.78 is 5.61. The van der Waals surface area contributed by atoms with Crippen molar-refractivity contribution < 1.29 is 9.84 Å². The normalized spacial score (nSPS) is 20.6. The van der Waals surface area contributed by atoms with E-state index in [1.54, 1.807) is 0 Å². The van der Waals surface area contributed by atoms with Gasteiger partial charge in [0.1, 0.15) is 0 Å². The molecule has 0 bridgehead atoms. The van der Waals surface area contributed by atoms with Gasteiger partial charge in [0.2, 0.25) is 0 Å². The summed E-state index contributed by atoms with van der Waals surface area (Å²) in [7, 11) is 0. The fourth-order valence-electron chi connectivity index (χ4n) is 1.85. The second-order valence-corrected chi connectivity index (χ2v) is 4.39. The van der Waals surface area contributed by atoms with Crippen LogP contribution in [0.2, 0.25) is 0 Å². The predicted octanol–water partition coefficient (Wildman–Crippen LogP) is 1.12. The van der Waals surface area contributed by atoms with Crippen LogP contribution in [0.1, 0.15) is 26.7 Å². The van der Waals surface area contributed by atoms with E-state index in [9.17, 15) is 0 Å². The van der Waals surface area contributed by atoms with Gasteiger partial charge in [-0.15, -0.1) is 0 Å². The van der Waals surface area contributed by atoms with Crippen molar-refractivity contribution in [2.75, 3.05) is 32.8 Å². The first kappa shape index (κ1) is 12.0. The smallest absolute Gasteiger partial charge is 0.0558 e. The number of aliphatic hydroxyl groups is 1. The Hall–Kier alpha value is -0.120. The van der Waals surface area contributed by atoms with Gasteiger partial charge < -0.3 is 14.7 Å². The molecule has 0 atom stereocenters. The monoisotopic (exact) mass is 201 g/mol. The number of β-amino-alcohol motifs (C(OH)–C–C–N with tert-alkyl or cyclic N) is 1. The van der Waals surface area contributed by atoms with Crippen molar-refractivity contribution in [2.45, 2.75) is 32.8 Å². The summed E-state index contributed by atoms with van der Waals surface area (Å²) in [5.41, 5.74) is 0. The quantitative estimate of drug-likeness (QED) is 0.723. The van der Waals surface area contributed by atoms with Crippen molar-refractivity contribution in [3.8, 4) is 0 Å². The second-order valence-electron chi connectivity index (χ2n) is 4.39. The molecule has 84 valence electrons. The molecule has 1 aliphatic rings. The van der Waals surface area contributed by atoms with Crippen molar-refractivity contribution in [1.29, 1.82) is 0 Å². The van der Waals surface area contributed by atoms with Gasteiger partial charge in [0.25, 0.3) is 0 Å². The Balaban J connectivity index is 2.09. The Labute approximate surface area is 87.1 Å². The van der Waals surface area contributed by atoms with Crippen LogP contribution in [0.25, 0.3) is 0 Å². The van der Waals surface area contributed by atoms with E-state index in [0.29, 0.717) is 6.10 Å². The highest BCUT2D eigenvalue weighted by atomic mass is 16.5. The van der Waals surface area contributed by atoms with E-state index in [1.165, 1.54) is 12.8 Å². The van der Waals surface area contributed by atoms with Gasteiger partial charge in [0.05, 0.1) is 12.7 Å². The third kappa shape index (κ3) is 4.40. The zero-order valence-corrected chi connectivity index (χ0v) is 9.41. The number of hydrogen-bond acceptors (Lipinski definition) is 3. The summed E-state index contributed by atoms with van der Waals surface area (Å²) in [6, 6.07) is 0. The van der Waals surface area contributed by atoms with Gasteiger partial charge in [0.15, 0.2) is 0 Å².